The Morgan fingerprint density at radius 2 is 1.96 bits per heavy atom. The molecule has 0 amide bonds. The molecule has 0 saturated carbocycles. The van der Waals surface area contributed by atoms with Gasteiger partial charge in [-0.25, -0.2) is 4.79 Å². The average molecular weight is 337 g/mol. The lowest BCUT2D eigenvalue weighted by Gasteiger charge is -2.20. The van der Waals surface area contributed by atoms with E-state index in [1.54, 1.807) is 30.7 Å². The summed E-state index contributed by atoms with van der Waals surface area (Å²) in [7, 11) is 0. The van der Waals surface area contributed by atoms with E-state index >= 15 is 0 Å². The molecule has 24 heavy (non-hydrogen) atoms. The lowest BCUT2D eigenvalue weighted by molar-refractivity contribution is -0.140. The summed E-state index contributed by atoms with van der Waals surface area (Å²) in [5.74, 6) is -3.67. The molecule has 0 unspecified atom stereocenters. The van der Waals surface area contributed by atoms with Crippen LogP contribution in [0.2, 0.25) is 0 Å². The highest BCUT2D eigenvalue weighted by Gasteiger charge is 2.59. The summed E-state index contributed by atoms with van der Waals surface area (Å²) in [4.78, 5) is 24.7. The third kappa shape index (κ3) is 3.02. The molecule has 2 aromatic rings. The van der Waals surface area contributed by atoms with Crippen LogP contribution < -0.4 is 11.2 Å². The van der Waals surface area contributed by atoms with E-state index in [1.807, 2.05) is 11.1 Å². The van der Waals surface area contributed by atoms with Crippen LogP contribution in [-0.4, -0.2) is 32.8 Å². The number of halogens is 2. The van der Waals surface area contributed by atoms with Crippen molar-refractivity contribution in [2.75, 3.05) is 0 Å². The van der Waals surface area contributed by atoms with Gasteiger partial charge in [-0.1, -0.05) is 30.3 Å². The van der Waals surface area contributed by atoms with Gasteiger partial charge in [0.25, 0.3) is 5.56 Å². The molecule has 0 spiro atoms. The van der Waals surface area contributed by atoms with Crippen LogP contribution in [0.3, 0.4) is 0 Å². The first-order valence-corrected chi connectivity index (χ1v) is 7.30. The number of aromatic amines is 1. The van der Waals surface area contributed by atoms with E-state index in [-0.39, 0.29) is 6.42 Å². The fourth-order valence-corrected chi connectivity index (χ4v) is 2.61. The molecule has 1 aromatic carbocycles. The van der Waals surface area contributed by atoms with Crippen molar-refractivity contribution in [3.05, 3.63) is 75.4 Å². The molecule has 8 heteroatoms. The van der Waals surface area contributed by atoms with Gasteiger partial charge >= 0.3 is 11.6 Å². The minimum absolute atomic E-state index is 0.0510. The van der Waals surface area contributed by atoms with Crippen LogP contribution in [0.25, 0.3) is 0 Å². The molecule has 6 nitrogen and oxygen atoms in total. The topological polar surface area (TPSA) is 84.3 Å². The van der Waals surface area contributed by atoms with Crippen molar-refractivity contribution in [3.8, 4) is 0 Å². The Kier molecular flexibility index (Phi) is 4.33. The number of benzene rings is 1. The van der Waals surface area contributed by atoms with E-state index in [1.165, 1.54) is 0 Å². The highest BCUT2D eigenvalue weighted by molar-refractivity contribution is 5.22. The van der Waals surface area contributed by atoms with Crippen LogP contribution >= 0.6 is 0 Å². The van der Waals surface area contributed by atoms with Crippen molar-refractivity contribution in [2.24, 2.45) is 0 Å². The largest absolute Gasteiger partial charge is 0.384 e. The SMILES string of the molecule is O=c1ccn([C@@H]2O[C@H](C[CH]c3ccccc3)[C@@H](O)C2(F)F)c(=O)[nH]1. The Morgan fingerprint density at radius 1 is 1.25 bits per heavy atom. The zero-order valence-corrected chi connectivity index (χ0v) is 12.4. The minimum atomic E-state index is -3.67. The smallest absolute Gasteiger partial charge is 0.330 e. The third-order valence-electron chi connectivity index (χ3n) is 3.87. The number of nitrogens with zero attached hydrogens (tertiary/aromatic N) is 1. The fraction of sp³-hybridized carbons (Fsp3) is 0.312. The average Bonchev–Trinajstić information content (AvgIpc) is 2.77. The first-order chi connectivity index (χ1) is 11.4. The number of hydrogen-bond acceptors (Lipinski definition) is 4. The molecule has 1 fully saturated rings. The van der Waals surface area contributed by atoms with Crippen molar-refractivity contribution >= 4 is 0 Å². The van der Waals surface area contributed by atoms with Gasteiger partial charge in [0, 0.05) is 12.3 Å². The van der Waals surface area contributed by atoms with Gasteiger partial charge in [0.05, 0.1) is 6.10 Å². The summed E-state index contributed by atoms with van der Waals surface area (Å²) in [6.45, 7) is 0. The zero-order chi connectivity index (χ0) is 17.3. The molecule has 1 saturated heterocycles. The molecule has 2 N–H and O–H groups in total. The Hall–Kier alpha value is -2.32. The van der Waals surface area contributed by atoms with E-state index in [2.05, 4.69) is 0 Å². The number of H-pyrrole nitrogens is 1. The quantitative estimate of drug-likeness (QED) is 0.874. The Labute approximate surface area is 135 Å². The summed E-state index contributed by atoms with van der Waals surface area (Å²) in [5, 5.41) is 9.89. The van der Waals surface area contributed by atoms with Crippen molar-refractivity contribution in [3.63, 3.8) is 0 Å². The van der Waals surface area contributed by atoms with Crippen LogP contribution in [0.15, 0.2) is 52.2 Å². The monoisotopic (exact) mass is 337 g/mol. The summed E-state index contributed by atoms with van der Waals surface area (Å²) in [6, 6.07) is 9.96. The second-order valence-electron chi connectivity index (χ2n) is 5.51. The fourth-order valence-electron chi connectivity index (χ4n) is 2.61. The third-order valence-corrected chi connectivity index (χ3v) is 3.87. The summed E-state index contributed by atoms with van der Waals surface area (Å²) >= 11 is 0. The van der Waals surface area contributed by atoms with Gasteiger partial charge in [-0.05, 0) is 18.4 Å². The van der Waals surface area contributed by atoms with E-state index in [0.717, 1.165) is 17.8 Å². The van der Waals surface area contributed by atoms with Crippen molar-refractivity contribution in [1.82, 2.24) is 9.55 Å². The van der Waals surface area contributed by atoms with Gasteiger partial charge < -0.3 is 9.84 Å². The van der Waals surface area contributed by atoms with Gasteiger partial charge in [-0.2, -0.15) is 8.78 Å². The highest BCUT2D eigenvalue weighted by atomic mass is 19.3. The number of aliphatic hydroxyl groups excluding tert-OH is 1. The van der Waals surface area contributed by atoms with Crippen molar-refractivity contribution in [1.29, 1.82) is 0 Å². The van der Waals surface area contributed by atoms with Gasteiger partial charge in [-0.3, -0.25) is 14.3 Å². The van der Waals surface area contributed by atoms with Crippen LogP contribution in [0.1, 0.15) is 18.2 Å². The molecular weight excluding hydrogens is 322 g/mol. The molecule has 0 bridgehead atoms. The maximum absolute atomic E-state index is 14.3. The Morgan fingerprint density at radius 3 is 2.62 bits per heavy atom. The number of rotatable bonds is 4. The number of alkyl halides is 2. The number of hydrogen-bond donors (Lipinski definition) is 2. The van der Waals surface area contributed by atoms with Gasteiger partial charge in [-0.15, -0.1) is 0 Å². The summed E-state index contributed by atoms with van der Waals surface area (Å²) in [6.07, 6.45) is -2.58. The van der Waals surface area contributed by atoms with E-state index < -0.39 is 35.6 Å². The predicted octanol–water partition coefficient (Wildman–Crippen LogP) is 1.07. The van der Waals surface area contributed by atoms with Crippen molar-refractivity contribution in [2.45, 2.75) is 30.8 Å². The lowest BCUT2D eigenvalue weighted by Crippen LogP contribution is -2.42. The summed E-state index contributed by atoms with van der Waals surface area (Å²) < 4.78 is 34.4. The zero-order valence-electron chi connectivity index (χ0n) is 12.4. The molecular formula is C16H15F2N2O4. The molecule has 0 aliphatic carbocycles. The van der Waals surface area contributed by atoms with Crippen LogP contribution in [-0.2, 0) is 4.74 Å². The summed E-state index contributed by atoms with van der Waals surface area (Å²) in [5.41, 5.74) is -0.916. The molecule has 2 heterocycles. The van der Waals surface area contributed by atoms with Crippen LogP contribution in [0.5, 0.6) is 0 Å². The van der Waals surface area contributed by atoms with Gasteiger partial charge in [0.1, 0.15) is 6.10 Å². The van der Waals surface area contributed by atoms with Gasteiger partial charge in [0.15, 0.2) is 0 Å². The second kappa shape index (κ2) is 6.29. The van der Waals surface area contributed by atoms with Crippen LogP contribution in [0.4, 0.5) is 8.78 Å². The number of nitrogens with one attached hydrogen (secondary N) is 1. The Bertz CT molecular complexity index is 819. The number of aliphatic hydroxyl groups is 1. The second-order valence-corrected chi connectivity index (χ2v) is 5.51. The maximum atomic E-state index is 14.3. The standard InChI is InChI=1S/C16H15F2N2O4/c17-16(18)13(22)11(7-6-10-4-2-1-3-5-10)24-14(16)20-9-8-12(21)19-15(20)23/h1-6,8-9,11,13-14,22H,7H2,(H,19,21,23)/t11-,13-,14-/m1/s1. The molecule has 3 atom stereocenters. The van der Waals surface area contributed by atoms with Gasteiger partial charge in [0.2, 0.25) is 6.23 Å². The first kappa shape index (κ1) is 16.5. The molecule has 127 valence electrons. The van der Waals surface area contributed by atoms with Crippen LogP contribution in [0, 0.1) is 6.42 Å². The predicted molar refractivity (Wildman–Crippen MR) is 80.6 cm³/mol. The molecule has 1 aliphatic rings. The Balaban J connectivity index is 1.80. The lowest BCUT2D eigenvalue weighted by atomic mass is 10.0. The molecule has 1 aliphatic heterocycles. The first-order valence-electron chi connectivity index (χ1n) is 7.30. The van der Waals surface area contributed by atoms with E-state index in [4.69, 9.17) is 4.74 Å². The molecule has 1 aromatic heterocycles. The number of aromatic nitrogens is 2. The maximum Gasteiger partial charge on any atom is 0.330 e. The van der Waals surface area contributed by atoms with Crippen molar-refractivity contribution < 1.29 is 18.6 Å². The molecule has 3 rings (SSSR count). The normalized spacial score (nSPS) is 25.7. The number of ether oxygens (including phenoxy) is 1. The molecule has 1 radical (unpaired) electrons. The highest BCUT2D eigenvalue weighted by Crippen LogP contribution is 2.43. The van der Waals surface area contributed by atoms with E-state index in [0.29, 0.717) is 4.57 Å². The minimum Gasteiger partial charge on any atom is -0.384 e. The van der Waals surface area contributed by atoms with E-state index in [9.17, 15) is 23.5 Å².